The SMILES string of the molecule is COC1c2cc(Br)ccc2NN1C. The van der Waals surface area contributed by atoms with E-state index in [4.69, 9.17) is 4.74 Å². The van der Waals surface area contributed by atoms with Gasteiger partial charge in [0.15, 0.2) is 6.23 Å². The average Bonchev–Trinajstić information content (AvgIpc) is 2.40. The summed E-state index contributed by atoms with van der Waals surface area (Å²) in [5.41, 5.74) is 5.49. The first-order chi connectivity index (χ1) is 6.22. The first-order valence-electron chi connectivity index (χ1n) is 4.04. The molecule has 0 aliphatic carbocycles. The van der Waals surface area contributed by atoms with E-state index in [9.17, 15) is 0 Å². The van der Waals surface area contributed by atoms with E-state index in [1.165, 1.54) is 5.56 Å². The van der Waals surface area contributed by atoms with Crippen LogP contribution in [0.5, 0.6) is 0 Å². The minimum Gasteiger partial charge on any atom is -0.360 e. The van der Waals surface area contributed by atoms with Crippen molar-refractivity contribution in [3.8, 4) is 0 Å². The molecule has 0 bridgehead atoms. The molecule has 70 valence electrons. The standard InChI is InChI=1S/C9H11BrN2O/c1-12-9(13-2)7-5-6(10)3-4-8(7)11-12/h3-5,9,11H,1-2H3. The van der Waals surface area contributed by atoms with Gasteiger partial charge < -0.3 is 10.2 Å². The van der Waals surface area contributed by atoms with Crippen LogP contribution in [0.25, 0.3) is 0 Å². The molecule has 1 aliphatic rings. The van der Waals surface area contributed by atoms with Crippen molar-refractivity contribution >= 4 is 21.6 Å². The third-order valence-electron chi connectivity index (χ3n) is 2.15. The molecular formula is C9H11BrN2O. The maximum atomic E-state index is 5.35. The maximum absolute atomic E-state index is 5.35. The Labute approximate surface area is 85.8 Å². The molecule has 0 fully saturated rings. The van der Waals surface area contributed by atoms with E-state index in [1.54, 1.807) is 7.11 Å². The van der Waals surface area contributed by atoms with Crippen LogP contribution < -0.4 is 5.43 Å². The first kappa shape index (κ1) is 8.99. The maximum Gasteiger partial charge on any atom is 0.154 e. The van der Waals surface area contributed by atoms with E-state index in [1.807, 2.05) is 24.2 Å². The number of anilines is 1. The van der Waals surface area contributed by atoms with Crippen molar-refractivity contribution in [2.24, 2.45) is 0 Å². The molecule has 1 aliphatic heterocycles. The first-order valence-corrected chi connectivity index (χ1v) is 4.83. The van der Waals surface area contributed by atoms with Crippen LogP contribution in [-0.4, -0.2) is 19.2 Å². The highest BCUT2D eigenvalue weighted by molar-refractivity contribution is 9.10. The number of ether oxygens (including phenoxy) is 1. The molecule has 0 saturated heterocycles. The van der Waals surface area contributed by atoms with Crippen LogP contribution in [0.3, 0.4) is 0 Å². The van der Waals surface area contributed by atoms with Crippen LogP contribution in [0.4, 0.5) is 5.69 Å². The summed E-state index contributed by atoms with van der Waals surface area (Å²) in [4.78, 5) is 0. The molecule has 1 aromatic carbocycles. The summed E-state index contributed by atoms with van der Waals surface area (Å²) in [6.45, 7) is 0. The zero-order chi connectivity index (χ0) is 9.42. The van der Waals surface area contributed by atoms with Crippen molar-refractivity contribution in [2.75, 3.05) is 19.6 Å². The molecule has 4 heteroatoms. The second kappa shape index (κ2) is 3.29. The highest BCUT2D eigenvalue weighted by Gasteiger charge is 2.26. The molecule has 0 spiro atoms. The molecule has 1 atom stereocenters. The van der Waals surface area contributed by atoms with E-state index in [-0.39, 0.29) is 6.23 Å². The number of rotatable bonds is 1. The van der Waals surface area contributed by atoms with Crippen molar-refractivity contribution in [3.63, 3.8) is 0 Å². The summed E-state index contributed by atoms with van der Waals surface area (Å²) in [6, 6.07) is 6.12. The van der Waals surface area contributed by atoms with Crippen molar-refractivity contribution < 1.29 is 4.74 Å². The van der Waals surface area contributed by atoms with Gasteiger partial charge in [0, 0.05) is 24.2 Å². The lowest BCUT2D eigenvalue weighted by Crippen LogP contribution is -2.23. The van der Waals surface area contributed by atoms with Gasteiger partial charge in [-0.15, -0.1) is 0 Å². The highest BCUT2D eigenvalue weighted by Crippen LogP contribution is 2.35. The van der Waals surface area contributed by atoms with Gasteiger partial charge in [-0.1, -0.05) is 15.9 Å². The van der Waals surface area contributed by atoms with Gasteiger partial charge in [-0.3, -0.25) is 0 Å². The van der Waals surface area contributed by atoms with Gasteiger partial charge in [0.25, 0.3) is 0 Å². The lowest BCUT2D eigenvalue weighted by molar-refractivity contribution is 0.00487. The Kier molecular flexibility index (Phi) is 2.27. The lowest BCUT2D eigenvalue weighted by atomic mass is 10.2. The predicted octanol–water partition coefficient (Wildman–Crippen LogP) is 2.37. The normalized spacial score (nSPS) is 21.3. The third kappa shape index (κ3) is 1.45. The summed E-state index contributed by atoms with van der Waals surface area (Å²) >= 11 is 3.44. The van der Waals surface area contributed by atoms with Crippen molar-refractivity contribution in [3.05, 3.63) is 28.2 Å². The Morgan fingerprint density at radius 2 is 2.31 bits per heavy atom. The molecule has 1 heterocycles. The van der Waals surface area contributed by atoms with Gasteiger partial charge in [0.05, 0.1) is 5.69 Å². The second-order valence-corrected chi connectivity index (χ2v) is 3.96. The number of nitrogens with zero attached hydrogens (tertiary/aromatic N) is 1. The van der Waals surface area contributed by atoms with E-state index in [0.717, 1.165) is 10.2 Å². The van der Waals surface area contributed by atoms with Crippen LogP contribution in [-0.2, 0) is 4.74 Å². The van der Waals surface area contributed by atoms with Crippen LogP contribution in [0.1, 0.15) is 11.8 Å². The molecule has 0 saturated carbocycles. The smallest absolute Gasteiger partial charge is 0.154 e. The Balaban J connectivity index is 2.44. The molecule has 0 aromatic heterocycles. The van der Waals surface area contributed by atoms with Crippen LogP contribution in [0.2, 0.25) is 0 Å². The minimum absolute atomic E-state index is 0.00694. The fourth-order valence-electron chi connectivity index (χ4n) is 1.58. The number of halogens is 1. The summed E-state index contributed by atoms with van der Waals surface area (Å²) < 4.78 is 6.42. The topological polar surface area (TPSA) is 24.5 Å². The zero-order valence-electron chi connectivity index (χ0n) is 7.54. The molecular weight excluding hydrogens is 232 g/mol. The molecule has 1 N–H and O–H groups in total. The van der Waals surface area contributed by atoms with E-state index in [2.05, 4.69) is 27.4 Å². The van der Waals surface area contributed by atoms with E-state index < -0.39 is 0 Å². The molecule has 2 rings (SSSR count). The predicted molar refractivity (Wildman–Crippen MR) is 55.3 cm³/mol. The third-order valence-corrected chi connectivity index (χ3v) is 2.64. The van der Waals surface area contributed by atoms with Gasteiger partial charge >= 0.3 is 0 Å². The number of hydrogen-bond acceptors (Lipinski definition) is 3. The molecule has 1 unspecified atom stereocenters. The van der Waals surface area contributed by atoms with Gasteiger partial charge in [0.2, 0.25) is 0 Å². The zero-order valence-corrected chi connectivity index (χ0v) is 9.13. The second-order valence-electron chi connectivity index (χ2n) is 3.04. The fraction of sp³-hybridized carbons (Fsp3) is 0.333. The number of hydrogen-bond donors (Lipinski definition) is 1. The fourth-order valence-corrected chi connectivity index (χ4v) is 1.96. The molecule has 1 aromatic rings. The van der Waals surface area contributed by atoms with Gasteiger partial charge in [-0.25, -0.2) is 0 Å². The largest absolute Gasteiger partial charge is 0.360 e. The Bertz CT molecular complexity index is 329. The van der Waals surface area contributed by atoms with Crippen molar-refractivity contribution in [2.45, 2.75) is 6.23 Å². The van der Waals surface area contributed by atoms with Crippen molar-refractivity contribution in [1.82, 2.24) is 5.01 Å². The number of benzene rings is 1. The number of methoxy groups -OCH3 is 1. The van der Waals surface area contributed by atoms with Crippen molar-refractivity contribution in [1.29, 1.82) is 0 Å². The van der Waals surface area contributed by atoms with Crippen LogP contribution in [0.15, 0.2) is 22.7 Å². The Morgan fingerprint density at radius 1 is 1.54 bits per heavy atom. The van der Waals surface area contributed by atoms with Crippen LogP contribution >= 0.6 is 15.9 Å². The van der Waals surface area contributed by atoms with E-state index in [0.29, 0.717) is 0 Å². The summed E-state index contributed by atoms with van der Waals surface area (Å²) in [5.74, 6) is 0. The molecule has 0 amide bonds. The van der Waals surface area contributed by atoms with Crippen LogP contribution in [0, 0.1) is 0 Å². The summed E-state index contributed by atoms with van der Waals surface area (Å²) in [7, 11) is 3.67. The van der Waals surface area contributed by atoms with E-state index >= 15 is 0 Å². The minimum atomic E-state index is 0.00694. The number of fused-ring (bicyclic) bond motifs is 1. The quantitative estimate of drug-likeness (QED) is 0.819. The Hall–Kier alpha value is -0.580. The molecule has 0 radical (unpaired) electrons. The van der Waals surface area contributed by atoms with Gasteiger partial charge in [-0.2, -0.15) is 5.01 Å². The number of hydrazine groups is 1. The summed E-state index contributed by atoms with van der Waals surface area (Å²) in [5, 5.41) is 1.94. The monoisotopic (exact) mass is 242 g/mol. The average molecular weight is 243 g/mol. The highest BCUT2D eigenvalue weighted by atomic mass is 79.9. The summed E-state index contributed by atoms with van der Waals surface area (Å²) in [6.07, 6.45) is 0.00694. The van der Waals surface area contributed by atoms with Gasteiger partial charge in [-0.05, 0) is 18.2 Å². The molecule has 3 nitrogen and oxygen atoms in total. The van der Waals surface area contributed by atoms with Gasteiger partial charge in [0.1, 0.15) is 0 Å². The lowest BCUT2D eigenvalue weighted by Gasteiger charge is -2.17. The number of nitrogens with one attached hydrogen (secondary N) is 1. The Morgan fingerprint density at radius 3 is 3.00 bits per heavy atom. The molecule has 13 heavy (non-hydrogen) atoms.